The van der Waals surface area contributed by atoms with Gasteiger partial charge in [0.05, 0.1) is 17.8 Å². The molecule has 2 aromatic rings. The molecule has 0 fully saturated rings. The van der Waals surface area contributed by atoms with Gasteiger partial charge in [-0.2, -0.15) is 5.10 Å². The summed E-state index contributed by atoms with van der Waals surface area (Å²) in [6.07, 6.45) is 1.34. The van der Waals surface area contributed by atoms with Gasteiger partial charge in [0.2, 0.25) is 0 Å². The highest BCUT2D eigenvalue weighted by Gasteiger charge is 2.17. The van der Waals surface area contributed by atoms with Crippen LogP contribution in [0.25, 0.3) is 0 Å². The Bertz CT molecular complexity index is 659. The van der Waals surface area contributed by atoms with Crippen LogP contribution in [-0.4, -0.2) is 44.2 Å². The number of aromatic nitrogens is 3. The van der Waals surface area contributed by atoms with Crippen molar-refractivity contribution < 1.29 is 14.7 Å². The van der Waals surface area contributed by atoms with Crippen LogP contribution in [0, 0.1) is 0 Å². The Hall–Kier alpha value is -2.42. The molecule has 1 heterocycles. The molecule has 0 saturated carbocycles. The Kier molecular flexibility index (Phi) is 4.53. The third-order valence-electron chi connectivity index (χ3n) is 2.67. The van der Waals surface area contributed by atoms with Crippen LogP contribution in [0.15, 0.2) is 29.0 Å². The van der Waals surface area contributed by atoms with Crippen molar-refractivity contribution in [3.8, 4) is 0 Å². The van der Waals surface area contributed by atoms with Crippen LogP contribution in [0.4, 0.5) is 10.5 Å². The molecule has 21 heavy (non-hydrogen) atoms. The van der Waals surface area contributed by atoms with Gasteiger partial charge < -0.3 is 15.3 Å². The summed E-state index contributed by atoms with van der Waals surface area (Å²) >= 11 is 3.23. The Morgan fingerprint density at radius 2 is 2.24 bits per heavy atom. The Balaban J connectivity index is 2.14. The van der Waals surface area contributed by atoms with E-state index in [2.05, 4.69) is 36.4 Å². The first kappa shape index (κ1) is 15.0. The van der Waals surface area contributed by atoms with E-state index in [1.54, 1.807) is 19.2 Å². The number of para-hydroxylation sites is 1. The van der Waals surface area contributed by atoms with Crippen LogP contribution in [0.5, 0.6) is 0 Å². The summed E-state index contributed by atoms with van der Waals surface area (Å²) in [5.41, 5.74) is 0.213. The first-order valence-corrected chi connectivity index (χ1v) is 6.66. The van der Waals surface area contributed by atoms with E-state index in [-0.39, 0.29) is 17.8 Å². The second-order valence-corrected chi connectivity index (χ2v) is 5.04. The maximum atomic E-state index is 12.1. The lowest BCUT2D eigenvalue weighted by molar-refractivity contribution is 0.0698. The highest BCUT2D eigenvalue weighted by Crippen LogP contribution is 2.26. The number of anilines is 1. The number of rotatable bonds is 4. The van der Waals surface area contributed by atoms with E-state index in [0.717, 1.165) is 0 Å². The third kappa shape index (κ3) is 3.57. The quantitative estimate of drug-likeness (QED) is 0.777. The zero-order chi connectivity index (χ0) is 15.4. The molecule has 0 saturated heterocycles. The van der Waals surface area contributed by atoms with Gasteiger partial charge in [0.1, 0.15) is 12.2 Å². The lowest BCUT2D eigenvalue weighted by Crippen LogP contribution is -2.32. The number of nitrogens with one attached hydrogen (secondary N) is 2. The summed E-state index contributed by atoms with van der Waals surface area (Å²) in [6.45, 7) is 0.221. The minimum absolute atomic E-state index is 0.00536. The number of hydrogen-bond donors (Lipinski definition) is 3. The summed E-state index contributed by atoms with van der Waals surface area (Å²) in [5.74, 6) is -0.595. The van der Waals surface area contributed by atoms with Crippen LogP contribution in [0.1, 0.15) is 16.2 Å². The number of carbonyl (C=O) groups excluding carboxylic acids is 1. The van der Waals surface area contributed by atoms with Crippen molar-refractivity contribution >= 4 is 33.6 Å². The minimum Gasteiger partial charge on any atom is -0.478 e. The molecular formula is C12H12BrN5O3. The maximum absolute atomic E-state index is 12.1. The fourth-order valence-electron chi connectivity index (χ4n) is 1.64. The van der Waals surface area contributed by atoms with E-state index < -0.39 is 12.0 Å². The minimum atomic E-state index is -1.12. The average Bonchev–Trinajstić information content (AvgIpc) is 2.93. The van der Waals surface area contributed by atoms with E-state index in [9.17, 15) is 9.59 Å². The van der Waals surface area contributed by atoms with Crippen LogP contribution in [0.3, 0.4) is 0 Å². The second-order valence-electron chi connectivity index (χ2n) is 4.19. The lowest BCUT2D eigenvalue weighted by Gasteiger charge is -2.18. The fourth-order valence-corrected chi connectivity index (χ4v) is 2.10. The van der Waals surface area contributed by atoms with E-state index in [1.807, 2.05) is 0 Å². The number of hydrogen-bond acceptors (Lipinski definition) is 4. The van der Waals surface area contributed by atoms with Crippen LogP contribution >= 0.6 is 15.9 Å². The SMILES string of the molecule is CN(Cc1ncn[nH]1)C(=O)Nc1c(Br)cccc1C(=O)O. The Morgan fingerprint density at radius 3 is 2.86 bits per heavy atom. The first-order valence-electron chi connectivity index (χ1n) is 5.87. The van der Waals surface area contributed by atoms with Crippen molar-refractivity contribution in [2.75, 3.05) is 12.4 Å². The van der Waals surface area contributed by atoms with Crippen molar-refractivity contribution in [2.45, 2.75) is 6.54 Å². The molecule has 0 radical (unpaired) electrons. The van der Waals surface area contributed by atoms with Gasteiger partial charge in [-0.05, 0) is 28.1 Å². The number of urea groups is 1. The molecule has 3 N–H and O–H groups in total. The molecule has 0 aliphatic rings. The largest absolute Gasteiger partial charge is 0.478 e. The van der Waals surface area contributed by atoms with Gasteiger partial charge in [0, 0.05) is 11.5 Å². The predicted octanol–water partition coefficient (Wildman–Crippen LogP) is 1.93. The molecular weight excluding hydrogens is 342 g/mol. The maximum Gasteiger partial charge on any atom is 0.337 e. The number of aromatic amines is 1. The summed E-state index contributed by atoms with van der Waals surface area (Å²) in [7, 11) is 1.56. The number of aromatic carboxylic acids is 1. The summed E-state index contributed by atoms with van der Waals surface area (Å²) < 4.78 is 0.490. The highest BCUT2D eigenvalue weighted by molar-refractivity contribution is 9.10. The van der Waals surface area contributed by atoms with Crippen molar-refractivity contribution in [1.29, 1.82) is 0 Å². The summed E-state index contributed by atoms with van der Waals surface area (Å²) in [6, 6.07) is 4.19. The number of carboxylic acids is 1. The van der Waals surface area contributed by atoms with Gasteiger partial charge in [-0.1, -0.05) is 6.07 Å². The van der Waals surface area contributed by atoms with E-state index in [1.165, 1.54) is 17.3 Å². The molecule has 0 aliphatic heterocycles. The molecule has 2 rings (SSSR count). The number of benzene rings is 1. The molecule has 0 spiro atoms. The number of amides is 2. The molecule has 2 amide bonds. The molecule has 0 unspecified atom stereocenters. The molecule has 1 aromatic heterocycles. The number of carbonyl (C=O) groups is 2. The highest BCUT2D eigenvalue weighted by atomic mass is 79.9. The van der Waals surface area contributed by atoms with Gasteiger partial charge in [-0.25, -0.2) is 14.6 Å². The monoisotopic (exact) mass is 353 g/mol. The van der Waals surface area contributed by atoms with Crippen molar-refractivity contribution in [2.24, 2.45) is 0 Å². The standard InChI is InChI=1S/C12H12BrN5O3/c1-18(5-9-14-6-15-17-9)12(21)16-10-7(11(19)20)3-2-4-8(10)13/h2-4,6H,5H2,1H3,(H,16,21)(H,19,20)(H,14,15,17). The molecule has 0 aliphatic carbocycles. The van der Waals surface area contributed by atoms with Gasteiger partial charge in [-0.15, -0.1) is 0 Å². The average molecular weight is 354 g/mol. The zero-order valence-electron chi connectivity index (χ0n) is 11.0. The van der Waals surface area contributed by atoms with Crippen LogP contribution < -0.4 is 5.32 Å². The van der Waals surface area contributed by atoms with Crippen LogP contribution in [-0.2, 0) is 6.54 Å². The van der Waals surface area contributed by atoms with Crippen molar-refractivity contribution in [3.63, 3.8) is 0 Å². The number of carboxylic acid groups (broad SMARTS) is 1. The molecule has 0 bridgehead atoms. The lowest BCUT2D eigenvalue weighted by atomic mass is 10.2. The molecule has 8 nitrogen and oxygen atoms in total. The first-order chi connectivity index (χ1) is 9.99. The smallest absolute Gasteiger partial charge is 0.337 e. The predicted molar refractivity (Wildman–Crippen MR) is 78.0 cm³/mol. The fraction of sp³-hybridized carbons (Fsp3) is 0.167. The third-order valence-corrected chi connectivity index (χ3v) is 3.34. The molecule has 110 valence electrons. The van der Waals surface area contributed by atoms with Crippen molar-refractivity contribution in [1.82, 2.24) is 20.1 Å². The number of nitrogens with zero attached hydrogens (tertiary/aromatic N) is 3. The van der Waals surface area contributed by atoms with Gasteiger partial charge >= 0.3 is 12.0 Å². The number of halogens is 1. The zero-order valence-corrected chi connectivity index (χ0v) is 12.6. The normalized spacial score (nSPS) is 10.2. The van der Waals surface area contributed by atoms with E-state index in [4.69, 9.17) is 5.11 Å². The number of H-pyrrole nitrogens is 1. The topological polar surface area (TPSA) is 111 Å². The van der Waals surface area contributed by atoms with E-state index in [0.29, 0.717) is 10.3 Å². The molecule has 1 aromatic carbocycles. The molecule has 9 heteroatoms. The Labute approximate surface area is 128 Å². The van der Waals surface area contributed by atoms with Crippen LogP contribution in [0.2, 0.25) is 0 Å². The van der Waals surface area contributed by atoms with Gasteiger partial charge in [0.25, 0.3) is 0 Å². The second kappa shape index (κ2) is 6.35. The Morgan fingerprint density at radius 1 is 1.48 bits per heavy atom. The van der Waals surface area contributed by atoms with Gasteiger partial charge in [-0.3, -0.25) is 5.10 Å². The summed E-state index contributed by atoms with van der Waals surface area (Å²) in [5, 5.41) is 18.0. The van der Waals surface area contributed by atoms with E-state index >= 15 is 0 Å². The summed E-state index contributed by atoms with van der Waals surface area (Å²) in [4.78, 5) is 28.5. The molecule has 0 atom stereocenters. The van der Waals surface area contributed by atoms with Crippen molar-refractivity contribution in [3.05, 3.63) is 40.4 Å². The van der Waals surface area contributed by atoms with Gasteiger partial charge in [0.15, 0.2) is 0 Å².